The summed E-state index contributed by atoms with van der Waals surface area (Å²) in [4.78, 5) is 11.1. The molecule has 0 radical (unpaired) electrons. The zero-order valence-electron chi connectivity index (χ0n) is 9.42. The van der Waals surface area contributed by atoms with Gasteiger partial charge in [-0.25, -0.2) is 0 Å². The van der Waals surface area contributed by atoms with Crippen molar-refractivity contribution in [3.05, 3.63) is 24.3 Å². The van der Waals surface area contributed by atoms with Crippen molar-refractivity contribution in [3.8, 4) is 0 Å². The molecule has 0 atom stereocenters. The molecular formula is C12H21NO. The zero-order valence-corrected chi connectivity index (χ0v) is 9.42. The fourth-order valence-electron chi connectivity index (χ4n) is 1.000. The van der Waals surface area contributed by atoms with Crippen LogP contribution in [0.2, 0.25) is 0 Å². The zero-order chi connectivity index (χ0) is 10.8. The van der Waals surface area contributed by atoms with E-state index < -0.39 is 0 Å². The lowest BCUT2D eigenvalue weighted by atomic mass is 10.2. The van der Waals surface area contributed by atoms with Crippen LogP contribution in [0.5, 0.6) is 0 Å². The normalized spacial score (nSPS) is 11.7. The molecule has 14 heavy (non-hydrogen) atoms. The van der Waals surface area contributed by atoms with E-state index in [-0.39, 0.29) is 11.9 Å². The quantitative estimate of drug-likeness (QED) is 0.394. The number of rotatable bonds is 6. The molecule has 0 aliphatic heterocycles. The van der Waals surface area contributed by atoms with Gasteiger partial charge in [-0.2, -0.15) is 0 Å². The van der Waals surface area contributed by atoms with E-state index in [0.717, 1.165) is 19.3 Å². The van der Waals surface area contributed by atoms with Crippen molar-refractivity contribution < 1.29 is 4.79 Å². The smallest absolute Gasteiger partial charge is 0.243 e. The molecule has 0 aliphatic carbocycles. The highest BCUT2D eigenvalue weighted by Gasteiger charge is 1.95. The minimum Gasteiger partial charge on any atom is -0.350 e. The van der Waals surface area contributed by atoms with Crippen LogP contribution in [0.15, 0.2) is 24.3 Å². The van der Waals surface area contributed by atoms with Gasteiger partial charge < -0.3 is 5.32 Å². The minimum absolute atomic E-state index is 0.000490. The Balaban J connectivity index is 3.52. The van der Waals surface area contributed by atoms with Crippen molar-refractivity contribution >= 4 is 5.91 Å². The summed E-state index contributed by atoms with van der Waals surface area (Å²) in [6.07, 6.45) is 10.8. The molecule has 0 heterocycles. The van der Waals surface area contributed by atoms with E-state index >= 15 is 0 Å². The van der Waals surface area contributed by atoms with Gasteiger partial charge in [-0.15, -0.1) is 0 Å². The van der Waals surface area contributed by atoms with Gasteiger partial charge in [0.15, 0.2) is 0 Å². The van der Waals surface area contributed by atoms with Crippen LogP contribution < -0.4 is 5.32 Å². The van der Waals surface area contributed by atoms with Crippen molar-refractivity contribution in [1.82, 2.24) is 5.32 Å². The summed E-state index contributed by atoms with van der Waals surface area (Å²) in [5, 5.41) is 2.80. The molecule has 0 aromatic heterocycles. The lowest BCUT2D eigenvalue weighted by Gasteiger charge is -2.03. The average Bonchev–Trinajstić information content (AvgIpc) is 2.10. The highest BCUT2D eigenvalue weighted by molar-refractivity contribution is 5.87. The number of hydrogen-bond donors (Lipinski definition) is 1. The maximum absolute atomic E-state index is 11.1. The van der Waals surface area contributed by atoms with Gasteiger partial charge in [0.05, 0.1) is 0 Å². The van der Waals surface area contributed by atoms with Gasteiger partial charge in [-0.1, -0.05) is 25.2 Å². The van der Waals surface area contributed by atoms with E-state index in [1.165, 1.54) is 0 Å². The van der Waals surface area contributed by atoms with Crippen molar-refractivity contribution in [1.29, 1.82) is 0 Å². The Labute approximate surface area is 87.1 Å². The third kappa shape index (κ3) is 9.04. The van der Waals surface area contributed by atoms with E-state index in [2.05, 4.69) is 24.4 Å². The van der Waals surface area contributed by atoms with E-state index in [1.54, 1.807) is 6.08 Å². The molecule has 0 saturated heterocycles. The van der Waals surface area contributed by atoms with Gasteiger partial charge in [0.1, 0.15) is 0 Å². The first-order valence-corrected chi connectivity index (χ1v) is 5.28. The standard InChI is InChI=1S/C12H21NO/c1-4-5-6-7-8-9-10-12(14)13-11(2)3/h5-6,9-11H,4,7-8H2,1-3H3,(H,13,14)/b6-5-,10-9+. The number of hydrogen-bond acceptors (Lipinski definition) is 1. The molecular weight excluding hydrogens is 174 g/mol. The van der Waals surface area contributed by atoms with Gasteiger partial charge in [0.2, 0.25) is 5.91 Å². The number of carbonyl (C=O) groups is 1. The molecule has 0 aromatic carbocycles. The van der Waals surface area contributed by atoms with Gasteiger partial charge >= 0.3 is 0 Å². The fourth-order valence-corrected chi connectivity index (χ4v) is 1.000. The summed E-state index contributed by atoms with van der Waals surface area (Å²) in [5.41, 5.74) is 0. The summed E-state index contributed by atoms with van der Waals surface area (Å²) in [5.74, 6) is -0.000490. The van der Waals surface area contributed by atoms with E-state index in [4.69, 9.17) is 0 Å². The first kappa shape index (κ1) is 12.9. The molecule has 0 bridgehead atoms. The summed E-state index contributed by atoms with van der Waals surface area (Å²) < 4.78 is 0. The van der Waals surface area contributed by atoms with Gasteiger partial charge in [-0.05, 0) is 39.2 Å². The second-order valence-electron chi connectivity index (χ2n) is 3.52. The van der Waals surface area contributed by atoms with Gasteiger partial charge in [0.25, 0.3) is 0 Å². The summed E-state index contributed by atoms with van der Waals surface area (Å²) >= 11 is 0. The Morgan fingerprint density at radius 3 is 2.43 bits per heavy atom. The third-order valence-corrected chi connectivity index (χ3v) is 1.60. The minimum atomic E-state index is -0.000490. The molecule has 0 aromatic rings. The third-order valence-electron chi connectivity index (χ3n) is 1.60. The fraction of sp³-hybridized carbons (Fsp3) is 0.583. The molecule has 80 valence electrons. The SMILES string of the molecule is CC/C=C\CC/C=C/C(=O)NC(C)C. The van der Waals surface area contributed by atoms with Crippen molar-refractivity contribution in [2.45, 2.75) is 46.1 Å². The number of unbranched alkanes of at least 4 members (excludes halogenated alkanes) is 1. The van der Waals surface area contributed by atoms with Crippen LogP contribution in [0.3, 0.4) is 0 Å². The van der Waals surface area contributed by atoms with Crippen molar-refractivity contribution in [2.75, 3.05) is 0 Å². The molecule has 2 heteroatoms. The molecule has 0 spiro atoms. The first-order valence-electron chi connectivity index (χ1n) is 5.28. The number of carbonyl (C=O) groups excluding carboxylic acids is 1. The Kier molecular flexibility index (Phi) is 7.90. The monoisotopic (exact) mass is 195 g/mol. The highest BCUT2D eigenvalue weighted by Crippen LogP contribution is 1.94. The van der Waals surface area contributed by atoms with Gasteiger partial charge in [0, 0.05) is 6.04 Å². The second-order valence-corrected chi connectivity index (χ2v) is 3.52. The Morgan fingerprint density at radius 1 is 1.21 bits per heavy atom. The van der Waals surface area contributed by atoms with Gasteiger partial charge in [-0.3, -0.25) is 4.79 Å². The Morgan fingerprint density at radius 2 is 1.86 bits per heavy atom. The van der Waals surface area contributed by atoms with Crippen LogP contribution in [-0.2, 0) is 4.79 Å². The second kappa shape index (κ2) is 8.54. The average molecular weight is 195 g/mol. The summed E-state index contributed by atoms with van der Waals surface area (Å²) in [6.45, 7) is 6.02. The molecule has 2 nitrogen and oxygen atoms in total. The van der Waals surface area contributed by atoms with E-state index in [9.17, 15) is 4.79 Å². The van der Waals surface area contributed by atoms with Crippen LogP contribution in [0.25, 0.3) is 0 Å². The molecule has 0 rings (SSSR count). The molecule has 1 amide bonds. The predicted molar refractivity (Wildman–Crippen MR) is 61.1 cm³/mol. The van der Waals surface area contributed by atoms with Crippen LogP contribution in [0.4, 0.5) is 0 Å². The van der Waals surface area contributed by atoms with Crippen LogP contribution in [0, 0.1) is 0 Å². The van der Waals surface area contributed by atoms with E-state index in [1.807, 2.05) is 19.9 Å². The molecule has 0 saturated carbocycles. The molecule has 0 unspecified atom stereocenters. The first-order chi connectivity index (χ1) is 6.66. The maximum Gasteiger partial charge on any atom is 0.243 e. The topological polar surface area (TPSA) is 29.1 Å². The van der Waals surface area contributed by atoms with Crippen molar-refractivity contribution in [3.63, 3.8) is 0 Å². The van der Waals surface area contributed by atoms with Crippen LogP contribution >= 0.6 is 0 Å². The Hall–Kier alpha value is -1.05. The van der Waals surface area contributed by atoms with Crippen molar-refractivity contribution in [2.24, 2.45) is 0 Å². The Bertz CT molecular complexity index is 204. The van der Waals surface area contributed by atoms with Crippen LogP contribution in [0.1, 0.15) is 40.0 Å². The molecule has 0 aliphatic rings. The lowest BCUT2D eigenvalue weighted by molar-refractivity contribution is -0.116. The predicted octanol–water partition coefficient (Wildman–Crippen LogP) is 2.81. The summed E-state index contributed by atoms with van der Waals surface area (Å²) in [6, 6.07) is 0.215. The molecule has 1 N–H and O–H groups in total. The largest absolute Gasteiger partial charge is 0.350 e. The highest BCUT2D eigenvalue weighted by atomic mass is 16.1. The number of allylic oxidation sites excluding steroid dienone is 3. The molecule has 0 fully saturated rings. The maximum atomic E-state index is 11.1. The lowest BCUT2D eigenvalue weighted by Crippen LogP contribution is -2.28. The van der Waals surface area contributed by atoms with Crippen LogP contribution in [-0.4, -0.2) is 11.9 Å². The summed E-state index contributed by atoms with van der Waals surface area (Å²) in [7, 11) is 0. The number of nitrogens with one attached hydrogen (secondary N) is 1. The number of amides is 1. The van der Waals surface area contributed by atoms with E-state index in [0.29, 0.717) is 0 Å².